The maximum absolute atomic E-state index is 12.9. The Labute approximate surface area is 168 Å². The minimum absolute atomic E-state index is 0.124. The molecule has 2 atom stereocenters. The third kappa shape index (κ3) is 7.28. The predicted octanol–water partition coefficient (Wildman–Crippen LogP) is 2.19. The summed E-state index contributed by atoms with van der Waals surface area (Å²) in [5, 5.41) is 13.5. The van der Waals surface area contributed by atoms with Gasteiger partial charge in [0.05, 0.1) is 6.54 Å². The van der Waals surface area contributed by atoms with Gasteiger partial charge >= 0.3 is 0 Å². The van der Waals surface area contributed by atoms with E-state index in [-0.39, 0.29) is 19.0 Å². The van der Waals surface area contributed by atoms with Crippen LogP contribution in [0.5, 0.6) is 5.75 Å². The van der Waals surface area contributed by atoms with E-state index in [0.29, 0.717) is 11.7 Å². The van der Waals surface area contributed by atoms with Crippen molar-refractivity contribution in [1.82, 2.24) is 15.1 Å². The van der Waals surface area contributed by atoms with Gasteiger partial charge in [-0.15, -0.1) is 0 Å². The van der Waals surface area contributed by atoms with Crippen molar-refractivity contribution in [3.8, 4) is 5.75 Å². The first-order chi connectivity index (χ1) is 13.5. The quantitative estimate of drug-likeness (QED) is 0.471. The van der Waals surface area contributed by atoms with E-state index in [1.165, 1.54) is 12.1 Å². The van der Waals surface area contributed by atoms with E-state index in [1.54, 1.807) is 12.1 Å². The zero-order valence-corrected chi connectivity index (χ0v) is 17.4. The molecule has 28 heavy (non-hydrogen) atoms. The minimum Gasteiger partial charge on any atom is -0.491 e. The van der Waals surface area contributed by atoms with E-state index in [2.05, 4.69) is 34.0 Å². The van der Waals surface area contributed by atoms with Crippen LogP contribution in [0.2, 0.25) is 0 Å². The fourth-order valence-electron chi connectivity index (χ4n) is 3.41. The van der Waals surface area contributed by atoms with Crippen LogP contribution >= 0.6 is 0 Å². The fourth-order valence-corrected chi connectivity index (χ4v) is 3.41. The largest absolute Gasteiger partial charge is 0.491 e. The SMILES string of the molecule is CCNC(=NCC(O)COc1ccc(F)cc1)N1CCC(CN(CC)CC)C1. The Kier molecular flexibility index (Phi) is 9.50. The van der Waals surface area contributed by atoms with Crippen molar-refractivity contribution < 1.29 is 14.2 Å². The maximum Gasteiger partial charge on any atom is 0.194 e. The number of aliphatic imine (C=N–C) groups is 1. The lowest BCUT2D eigenvalue weighted by Gasteiger charge is -2.24. The molecule has 7 heteroatoms. The van der Waals surface area contributed by atoms with E-state index in [4.69, 9.17) is 4.74 Å². The molecule has 0 spiro atoms. The van der Waals surface area contributed by atoms with Gasteiger partial charge in [0.1, 0.15) is 24.3 Å². The van der Waals surface area contributed by atoms with Crippen LogP contribution in [-0.2, 0) is 0 Å². The molecule has 0 aromatic heterocycles. The first-order valence-corrected chi connectivity index (χ1v) is 10.4. The summed E-state index contributed by atoms with van der Waals surface area (Å²) in [6.07, 6.45) is 0.449. The molecule has 1 aromatic carbocycles. The maximum atomic E-state index is 12.9. The second kappa shape index (κ2) is 11.9. The van der Waals surface area contributed by atoms with E-state index in [1.807, 2.05) is 6.92 Å². The predicted molar refractivity (Wildman–Crippen MR) is 111 cm³/mol. The summed E-state index contributed by atoms with van der Waals surface area (Å²) < 4.78 is 18.4. The molecule has 0 saturated carbocycles. The van der Waals surface area contributed by atoms with Crippen molar-refractivity contribution in [3.63, 3.8) is 0 Å². The summed E-state index contributed by atoms with van der Waals surface area (Å²) in [5.74, 6) is 1.73. The molecule has 1 aromatic rings. The monoisotopic (exact) mass is 394 g/mol. The highest BCUT2D eigenvalue weighted by molar-refractivity contribution is 5.80. The average molecular weight is 395 g/mol. The van der Waals surface area contributed by atoms with Crippen molar-refractivity contribution in [1.29, 1.82) is 0 Å². The number of nitrogens with zero attached hydrogens (tertiary/aromatic N) is 3. The highest BCUT2D eigenvalue weighted by atomic mass is 19.1. The van der Waals surface area contributed by atoms with Crippen molar-refractivity contribution in [3.05, 3.63) is 30.1 Å². The van der Waals surface area contributed by atoms with Crippen molar-refractivity contribution in [2.75, 3.05) is 52.4 Å². The summed E-state index contributed by atoms with van der Waals surface area (Å²) >= 11 is 0. The number of aliphatic hydroxyl groups excluding tert-OH is 1. The van der Waals surface area contributed by atoms with Crippen LogP contribution in [0.4, 0.5) is 4.39 Å². The van der Waals surface area contributed by atoms with Crippen LogP contribution in [-0.4, -0.2) is 79.4 Å². The third-order valence-corrected chi connectivity index (χ3v) is 5.04. The molecule has 2 unspecified atom stereocenters. The standard InChI is InChI=1S/C21H35FN4O2/c1-4-23-21(26-12-11-17(15-26)14-25(5-2)6-3)24-13-19(27)16-28-20-9-7-18(22)8-10-20/h7-10,17,19,27H,4-6,11-16H2,1-3H3,(H,23,24). The molecule has 1 saturated heterocycles. The van der Waals surface area contributed by atoms with Crippen LogP contribution in [0.3, 0.4) is 0 Å². The molecule has 0 radical (unpaired) electrons. The lowest BCUT2D eigenvalue weighted by molar-refractivity contribution is 0.114. The first kappa shape index (κ1) is 22.4. The molecule has 1 aliphatic heterocycles. The van der Waals surface area contributed by atoms with E-state index in [0.717, 1.165) is 51.6 Å². The Balaban J connectivity index is 1.83. The Hall–Kier alpha value is -1.86. The molecule has 1 heterocycles. The molecular formula is C21H35FN4O2. The summed E-state index contributed by atoms with van der Waals surface area (Å²) in [5.41, 5.74) is 0. The van der Waals surface area contributed by atoms with Crippen LogP contribution in [0.15, 0.2) is 29.3 Å². The number of nitrogens with one attached hydrogen (secondary N) is 1. The van der Waals surface area contributed by atoms with Gasteiger partial charge in [-0.3, -0.25) is 4.99 Å². The zero-order valence-electron chi connectivity index (χ0n) is 17.4. The molecule has 0 aliphatic carbocycles. The molecular weight excluding hydrogens is 359 g/mol. The van der Waals surface area contributed by atoms with E-state index >= 15 is 0 Å². The lowest BCUT2D eigenvalue weighted by atomic mass is 10.1. The summed E-state index contributed by atoms with van der Waals surface area (Å²) in [7, 11) is 0. The third-order valence-electron chi connectivity index (χ3n) is 5.04. The molecule has 0 bridgehead atoms. The van der Waals surface area contributed by atoms with Gasteiger partial charge in [-0.1, -0.05) is 13.8 Å². The Bertz CT molecular complexity index is 593. The van der Waals surface area contributed by atoms with Gasteiger partial charge in [0.25, 0.3) is 0 Å². The summed E-state index contributed by atoms with van der Waals surface area (Å²) in [6.45, 7) is 12.9. The number of ether oxygens (including phenoxy) is 1. The molecule has 2 rings (SSSR count). The molecule has 6 nitrogen and oxygen atoms in total. The number of likely N-dealkylation sites (tertiary alicyclic amines) is 1. The van der Waals surface area contributed by atoms with Crippen molar-refractivity contribution >= 4 is 5.96 Å². The van der Waals surface area contributed by atoms with E-state index in [9.17, 15) is 9.50 Å². The van der Waals surface area contributed by atoms with Crippen molar-refractivity contribution in [2.45, 2.75) is 33.3 Å². The number of guanidine groups is 1. The van der Waals surface area contributed by atoms with Gasteiger partial charge in [-0.25, -0.2) is 4.39 Å². The van der Waals surface area contributed by atoms with Gasteiger partial charge < -0.3 is 25.0 Å². The van der Waals surface area contributed by atoms with Gasteiger partial charge in [0, 0.05) is 26.2 Å². The number of hydrogen-bond donors (Lipinski definition) is 2. The molecule has 1 fully saturated rings. The lowest BCUT2D eigenvalue weighted by Crippen LogP contribution is -2.41. The minimum atomic E-state index is -0.715. The molecule has 2 N–H and O–H groups in total. The van der Waals surface area contributed by atoms with Gasteiger partial charge in [0.2, 0.25) is 0 Å². The Morgan fingerprint density at radius 1 is 1.32 bits per heavy atom. The zero-order chi connectivity index (χ0) is 20.4. The van der Waals surface area contributed by atoms with Crippen LogP contribution in [0.25, 0.3) is 0 Å². The first-order valence-electron chi connectivity index (χ1n) is 10.4. The van der Waals surface area contributed by atoms with E-state index < -0.39 is 6.10 Å². The highest BCUT2D eigenvalue weighted by Gasteiger charge is 2.26. The van der Waals surface area contributed by atoms with Crippen LogP contribution < -0.4 is 10.1 Å². The number of benzene rings is 1. The van der Waals surface area contributed by atoms with Crippen LogP contribution in [0.1, 0.15) is 27.2 Å². The number of halogens is 1. The normalized spacial score (nSPS) is 18.6. The Morgan fingerprint density at radius 2 is 2.04 bits per heavy atom. The second-order valence-electron chi connectivity index (χ2n) is 7.20. The second-order valence-corrected chi connectivity index (χ2v) is 7.20. The number of aliphatic hydroxyl groups is 1. The van der Waals surface area contributed by atoms with Gasteiger partial charge in [0.15, 0.2) is 5.96 Å². The fraction of sp³-hybridized carbons (Fsp3) is 0.667. The molecule has 1 aliphatic rings. The number of hydrogen-bond acceptors (Lipinski definition) is 4. The molecule has 158 valence electrons. The Morgan fingerprint density at radius 3 is 2.68 bits per heavy atom. The molecule has 0 amide bonds. The summed E-state index contributed by atoms with van der Waals surface area (Å²) in [6, 6.07) is 5.78. The van der Waals surface area contributed by atoms with Crippen molar-refractivity contribution in [2.24, 2.45) is 10.9 Å². The average Bonchev–Trinajstić information content (AvgIpc) is 3.17. The van der Waals surface area contributed by atoms with Gasteiger partial charge in [-0.2, -0.15) is 0 Å². The summed E-state index contributed by atoms with van der Waals surface area (Å²) in [4.78, 5) is 9.35. The van der Waals surface area contributed by atoms with Gasteiger partial charge in [-0.05, 0) is 56.6 Å². The smallest absolute Gasteiger partial charge is 0.194 e. The van der Waals surface area contributed by atoms with Crippen LogP contribution in [0, 0.1) is 11.7 Å². The highest BCUT2D eigenvalue weighted by Crippen LogP contribution is 2.18. The number of rotatable bonds is 10. The topological polar surface area (TPSA) is 60.3 Å².